The molecule has 1 amide bonds. The molecule has 7 heteroatoms. The molecule has 0 radical (unpaired) electrons. The summed E-state index contributed by atoms with van der Waals surface area (Å²) >= 11 is 0. The van der Waals surface area contributed by atoms with Gasteiger partial charge in [0.25, 0.3) is 0 Å². The molecule has 1 saturated heterocycles. The van der Waals surface area contributed by atoms with E-state index < -0.39 is 5.97 Å². The highest BCUT2D eigenvalue weighted by Gasteiger charge is 2.28. The highest BCUT2D eigenvalue weighted by atomic mass is 19.1. The first kappa shape index (κ1) is 18.4. The van der Waals surface area contributed by atoms with Crippen molar-refractivity contribution in [3.63, 3.8) is 0 Å². The van der Waals surface area contributed by atoms with E-state index >= 15 is 0 Å². The molecule has 0 aliphatic carbocycles. The Morgan fingerprint density at radius 3 is 2.67 bits per heavy atom. The van der Waals surface area contributed by atoms with E-state index in [1.165, 1.54) is 12.1 Å². The Kier molecular flexibility index (Phi) is 6.28. The van der Waals surface area contributed by atoms with Crippen molar-refractivity contribution in [3.8, 4) is 0 Å². The maximum absolute atomic E-state index is 13.2. The number of amides is 1. The molecule has 1 aliphatic rings. The third-order valence-corrected chi connectivity index (χ3v) is 4.53. The summed E-state index contributed by atoms with van der Waals surface area (Å²) in [6.45, 7) is 3.31. The van der Waals surface area contributed by atoms with Gasteiger partial charge in [0, 0.05) is 24.8 Å². The number of carbonyl (C=O) groups is 2. The summed E-state index contributed by atoms with van der Waals surface area (Å²) in [4.78, 5) is 27.0. The number of aliphatic carboxylic acids is 1. The summed E-state index contributed by atoms with van der Waals surface area (Å²) in [5, 5.41) is 11.6. The van der Waals surface area contributed by atoms with Crippen molar-refractivity contribution in [2.24, 2.45) is 0 Å². The van der Waals surface area contributed by atoms with E-state index in [0.29, 0.717) is 5.69 Å². The quantitative estimate of drug-likeness (QED) is 0.825. The molecule has 0 spiro atoms. The molecule has 1 unspecified atom stereocenters. The molecule has 2 N–H and O–H groups in total. The fourth-order valence-electron chi connectivity index (χ4n) is 3.04. The second-order valence-corrected chi connectivity index (χ2v) is 6.25. The van der Waals surface area contributed by atoms with E-state index in [4.69, 9.17) is 5.11 Å². The van der Waals surface area contributed by atoms with Gasteiger partial charge in [-0.05, 0) is 45.0 Å². The maximum atomic E-state index is 13.2. The zero-order valence-electron chi connectivity index (χ0n) is 14.0. The molecule has 1 aromatic carbocycles. The monoisotopic (exact) mass is 337 g/mol. The average molecular weight is 337 g/mol. The van der Waals surface area contributed by atoms with Gasteiger partial charge in [0.15, 0.2) is 0 Å². The van der Waals surface area contributed by atoms with Crippen LogP contribution in [-0.4, -0.2) is 65.5 Å². The van der Waals surface area contributed by atoms with E-state index in [0.717, 1.165) is 25.9 Å². The first-order valence-corrected chi connectivity index (χ1v) is 8.09. The van der Waals surface area contributed by atoms with E-state index in [-0.39, 0.29) is 30.4 Å². The number of nitrogens with one attached hydrogen (secondary N) is 1. The number of halogens is 1. The number of carboxylic acid groups (broad SMARTS) is 1. The third-order valence-electron chi connectivity index (χ3n) is 4.53. The lowest BCUT2D eigenvalue weighted by molar-refractivity contribution is -0.138. The Labute approximate surface area is 141 Å². The van der Waals surface area contributed by atoms with Crippen LogP contribution in [0.3, 0.4) is 0 Å². The van der Waals surface area contributed by atoms with Gasteiger partial charge >= 0.3 is 5.97 Å². The average Bonchev–Trinajstić information content (AvgIpc) is 2.53. The lowest BCUT2D eigenvalue weighted by Crippen LogP contribution is -2.50. The van der Waals surface area contributed by atoms with Crippen molar-refractivity contribution >= 4 is 17.6 Å². The normalized spacial score (nSPS) is 17.7. The minimum absolute atomic E-state index is 0.0281. The van der Waals surface area contributed by atoms with Crippen molar-refractivity contribution in [2.45, 2.75) is 31.8 Å². The van der Waals surface area contributed by atoms with Crippen LogP contribution in [0.4, 0.5) is 10.1 Å². The van der Waals surface area contributed by atoms with Crippen LogP contribution in [0.5, 0.6) is 0 Å². The first-order valence-electron chi connectivity index (χ1n) is 8.09. The molecule has 24 heavy (non-hydrogen) atoms. The number of piperidine rings is 1. The molecule has 1 aliphatic heterocycles. The van der Waals surface area contributed by atoms with Crippen molar-refractivity contribution in [1.29, 1.82) is 0 Å². The van der Waals surface area contributed by atoms with Crippen LogP contribution >= 0.6 is 0 Å². The number of likely N-dealkylation sites (N-methyl/N-ethyl adjacent to an activating group) is 1. The predicted molar refractivity (Wildman–Crippen MR) is 89.4 cm³/mol. The zero-order chi connectivity index (χ0) is 17.7. The van der Waals surface area contributed by atoms with Crippen molar-refractivity contribution in [1.82, 2.24) is 9.80 Å². The molecule has 132 valence electrons. The van der Waals surface area contributed by atoms with E-state index in [1.807, 2.05) is 18.9 Å². The number of carboxylic acids is 1. The number of anilines is 1. The molecule has 2 rings (SSSR count). The number of benzene rings is 1. The Bertz CT molecular complexity index is 588. The molecule has 1 fully saturated rings. The van der Waals surface area contributed by atoms with Crippen molar-refractivity contribution < 1.29 is 19.1 Å². The topological polar surface area (TPSA) is 72.9 Å². The molecule has 1 atom stereocenters. The minimum atomic E-state index is -0.831. The van der Waals surface area contributed by atoms with Gasteiger partial charge in [-0.25, -0.2) is 4.39 Å². The summed E-state index contributed by atoms with van der Waals surface area (Å²) in [6, 6.07) is 5.73. The fourth-order valence-corrected chi connectivity index (χ4v) is 3.04. The first-order chi connectivity index (χ1) is 11.4. The van der Waals surface area contributed by atoms with Crippen LogP contribution in [0.1, 0.15) is 19.8 Å². The van der Waals surface area contributed by atoms with Gasteiger partial charge < -0.3 is 10.4 Å². The number of hydrogen-bond donors (Lipinski definition) is 2. The molecule has 6 nitrogen and oxygen atoms in total. The van der Waals surface area contributed by atoms with Crippen LogP contribution < -0.4 is 5.32 Å². The van der Waals surface area contributed by atoms with E-state index in [9.17, 15) is 14.0 Å². The minimum Gasteiger partial charge on any atom is -0.480 e. The third kappa shape index (κ3) is 5.01. The molecule has 1 aromatic rings. The Morgan fingerprint density at radius 1 is 1.42 bits per heavy atom. The maximum Gasteiger partial charge on any atom is 0.317 e. The predicted octanol–water partition coefficient (Wildman–Crippen LogP) is 1.63. The second kappa shape index (κ2) is 8.21. The Balaban J connectivity index is 1.84. The highest BCUT2D eigenvalue weighted by Crippen LogP contribution is 2.18. The number of rotatable bonds is 6. The van der Waals surface area contributed by atoms with Gasteiger partial charge in [-0.1, -0.05) is 6.07 Å². The SMILES string of the molecule is CC(C(=O)Nc1cccc(F)c1)N1CCC(N(C)CC(=O)O)CC1. The molecule has 0 saturated carbocycles. The molecular weight excluding hydrogens is 313 g/mol. The van der Waals surface area contributed by atoms with Crippen LogP contribution in [0, 0.1) is 5.82 Å². The zero-order valence-corrected chi connectivity index (χ0v) is 14.0. The van der Waals surface area contributed by atoms with Crippen LogP contribution in [0.25, 0.3) is 0 Å². The van der Waals surface area contributed by atoms with Gasteiger partial charge in [-0.2, -0.15) is 0 Å². The van der Waals surface area contributed by atoms with Gasteiger partial charge in [-0.3, -0.25) is 19.4 Å². The molecule has 1 heterocycles. The highest BCUT2D eigenvalue weighted by molar-refractivity contribution is 5.94. The van der Waals surface area contributed by atoms with Crippen LogP contribution in [0.2, 0.25) is 0 Å². The summed E-state index contributed by atoms with van der Waals surface area (Å²) in [6.07, 6.45) is 1.64. The standard InChI is InChI=1S/C17H24FN3O3/c1-12(17(24)19-14-5-3-4-13(18)10-14)21-8-6-15(7-9-21)20(2)11-16(22)23/h3-5,10,12,15H,6-9,11H2,1-2H3,(H,19,24)(H,22,23). The van der Waals surface area contributed by atoms with Crippen molar-refractivity contribution in [2.75, 3.05) is 32.0 Å². The smallest absolute Gasteiger partial charge is 0.317 e. The lowest BCUT2D eigenvalue weighted by atomic mass is 10.0. The number of carbonyl (C=O) groups excluding carboxylic acids is 1. The summed E-state index contributed by atoms with van der Waals surface area (Å²) in [5.41, 5.74) is 0.447. The number of nitrogens with zero attached hydrogens (tertiary/aromatic N) is 2. The lowest BCUT2D eigenvalue weighted by Gasteiger charge is -2.38. The largest absolute Gasteiger partial charge is 0.480 e. The van der Waals surface area contributed by atoms with Gasteiger partial charge in [0.05, 0.1) is 12.6 Å². The summed E-state index contributed by atoms with van der Waals surface area (Å²) < 4.78 is 13.2. The number of likely N-dealkylation sites (tertiary alicyclic amines) is 1. The van der Waals surface area contributed by atoms with Crippen LogP contribution in [-0.2, 0) is 9.59 Å². The molecule has 0 aromatic heterocycles. The molecular formula is C17H24FN3O3. The van der Waals surface area contributed by atoms with Gasteiger partial charge in [0.1, 0.15) is 5.82 Å². The van der Waals surface area contributed by atoms with Crippen molar-refractivity contribution in [3.05, 3.63) is 30.1 Å². The van der Waals surface area contributed by atoms with E-state index in [2.05, 4.69) is 10.2 Å². The summed E-state index contributed by atoms with van der Waals surface area (Å²) in [5.74, 6) is -1.39. The van der Waals surface area contributed by atoms with Gasteiger partial charge in [-0.15, -0.1) is 0 Å². The van der Waals surface area contributed by atoms with E-state index in [1.54, 1.807) is 12.1 Å². The second-order valence-electron chi connectivity index (χ2n) is 6.25. The number of hydrogen-bond acceptors (Lipinski definition) is 4. The summed E-state index contributed by atoms with van der Waals surface area (Å²) in [7, 11) is 1.81. The molecule has 0 bridgehead atoms. The Morgan fingerprint density at radius 2 is 2.08 bits per heavy atom. The fraction of sp³-hybridized carbons (Fsp3) is 0.529. The van der Waals surface area contributed by atoms with Gasteiger partial charge in [0.2, 0.25) is 5.91 Å². The Hall–Kier alpha value is -1.99. The van der Waals surface area contributed by atoms with Crippen LogP contribution in [0.15, 0.2) is 24.3 Å².